The predicted molar refractivity (Wildman–Crippen MR) is 136 cm³/mol. The van der Waals surface area contributed by atoms with E-state index in [4.69, 9.17) is 10.2 Å². The van der Waals surface area contributed by atoms with Gasteiger partial charge in [0.05, 0.1) is 25.5 Å². The van der Waals surface area contributed by atoms with Gasteiger partial charge in [0.1, 0.15) is 0 Å². The van der Waals surface area contributed by atoms with Crippen LogP contribution in [-0.2, 0) is 26.9 Å². The van der Waals surface area contributed by atoms with Crippen molar-refractivity contribution in [3.05, 3.63) is 83.4 Å². The molecule has 36 heavy (non-hydrogen) atoms. The Labute approximate surface area is 209 Å². The standard InChI is InChI=1S/C24H30N12/c1-33-23(27-29-31-33)13-15-35(25-19-21-9-5-3-6-10-21)17-18-36(16-14-24-28-30-32-34(24)2)26-20-22-11-7-4-8-12-22/h3-12,19-20H,13-18H2,1-2H3/b25-19+,26-20+. The zero-order chi connectivity index (χ0) is 25.0. The van der Waals surface area contributed by atoms with Crippen molar-refractivity contribution in [2.75, 3.05) is 26.2 Å². The van der Waals surface area contributed by atoms with E-state index in [0.717, 1.165) is 22.8 Å². The molecule has 12 heteroatoms. The number of hydrazone groups is 2. The largest absolute Gasteiger partial charge is 0.295 e. The second-order valence-corrected chi connectivity index (χ2v) is 8.16. The molecule has 0 aliphatic rings. The Balaban J connectivity index is 1.44. The van der Waals surface area contributed by atoms with Gasteiger partial charge in [-0.25, -0.2) is 9.36 Å². The number of tetrazole rings is 2. The molecular formula is C24H30N12. The summed E-state index contributed by atoms with van der Waals surface area (Å²) in [5, 5.41) is 37.1. The van der Waals surface area contributed by atoms with Crippen LogP contribution in [0.2, 0.25) is 0 Å². The maximum atomic E-state index is 4.75. The van der Waals surface area contributed by atoms with Crippen molar-refractivity contribution in [3.63, 3.8) is 0 Å². The molecule has 4 aromatic rings. The molecule has 0 saturated carbocycles. The van der Waals surface area contributed by atoms with Gasteiger partial charge in [0.2, 0.25) is 0 Å². The van der Waals surface area contributed by atoms with Crippen LogP contribution in [-0.4, -0.2) is 89.0 Å². The van der Waals surface area contributed by atoms with Gasteiger partial charge < -0.3 is 0 Å². The summed E-state index contributed by atoms with van der Waals surface area (Å²) < 4.78 is 3.37. The Kier molecular flexibility index (Phi) is 8.78. The normalized spacial score (nSPS) is 11.5. The quantitative estimate of drug-likeness (QED) is 0.204. The van der Waals surface area contributed by atoms with Crippen LogP contribution in [0, 0.1) is 0 Å². The van der Waals surface area contributed by atoms with E-state index in [1.807, 2.05) is 97.2 Å². The van der Waals surface area contributed by atoms with Crippen LogP contribution in [0.1, 0.15) is 22.8 Å². The van der Waals surface area contributed by atoms with Gasteiger partial charge in [-0.3, -0.25) is 10.0 Å². The Bertz CT molecular complexity index is 1130. The molecule has 0 amide bonds. The molecule has 4 rings (SSSR count). The lowest BCUT2D eigenvalue weighted by atomic mass is 10.2. The Morgan fingerprint density at radius 2 is 1.06 bits per heavy atom. The third-order valence-corrected chi connectivity index (χ3v) is 5.56. The van der Waals surface area contributed by atoms with E-state index in [1.54, 1.807) is 9.36 Å². The summed E-state index contributed by atoms with van der Waals surface area (Å²) in [5.41, 5.74) is 2.08. The Morgan fingerprint density at radius 1 is 0.639 bits per heavy atom. The number of benzene rings is 2. The van der Waals surface area contributed by atoms with Crippen molar-refractivity contribution in [2.45, 2.75) is 12.8 Å². The van der Waals surface area contributed by atoms with Crippen LogP contribution in [0.5, 0.6) is 0 Å². The lowest BCUT2D eigenvalue weighted by Crippen LogP contribution is -2.33. The van der Waals surface area contributed by atoms with Gasteiger partial charge in [-0.15, -0.1) is 10.2 Å². The average molecular weight is 487 g/mol. The first-order chi connectivity index (χ1) is 17.7. The molecular weight excluding hydrogens is 456 g/mol. The summed E-state index contributed by atoms with van der Waals surface area (Å²) in [5.74, 6) is 1.62. The van der Waals surface area contributed by atoms with Gasteiger partial charge in [0.15, 0.2) is 11.6 Å². The molecule has 0 spiro atoms. The zero-order valence-corrected chi connectivity index (χ0v) is 20.5. The smallest absolute Gasteiger partial charge is 0.152 e. The van der Waals surface area contributed by atoms with E-state index in [-0.39, 0.29) is 0 Å². The number of rotatable bonds is 13. The van der Waals surface area contributed by atoms with Crippen LogP contribution in [0.4, 0.5) is 0 Å². The first-order valence-corrected chi connectivity index (χ1v) is 11.8. The monoisotopic (exact) mass is 486 g/mol. The number of hydrogen-bond donors (Lipinski definition) is 0. The van der Waals surface area contributed by atoms with Crippen molar-refractivity contribution in [2.24, 2.45) is 24.3 Å². The summed E-state index contributed by atoms with van der Waals surface area (Å²) in [6.07, 6.45) is 5.09. The summed E-state index contributed by atoms with van der Waals surface area (Å²) in [6, 6.07) is 20.1. The summed E-state index contributed by atoms with van der Waals surface area (Å²) in [7, 11) is 3.68. The van der Waals surface area contributed by atoms with E-state index >= 15 is 0 Å². The maximum Gasteiger partial charge on any atom is 0.152 e. The summed E-state index contributed by atoms with van der Waals surface area (Å²) in [6.45, 7) is 2.66. The lowest BCUT2D eigenvalue weighted by molar-refractivity contribution is 0.215. The van der Waals surface area contributed by atoms with Gasteiger partial charge >= 0.3 is 0 Å². The highest BCUT2D eigenvalue weighted by Gasteiger charge is 2.11. The minimum Gasteiger partial charge on any atom is -0.295 e. The minimum absolute atomic E-state index is 0.664. The maximum absolute atomic E-state index is 4.75. The summed E-state index contributed by atoms with van der Waals surface area (Å²) >= 11 is 0. The zero-order valence-electron chi connectivity index (χ0n) is 20.5. The van der Waals surface area contributed by atoms with Gasteiger partial charge in [0, 0.05) is 40.0 Å². The van der Waals surface area contributed by atoms with E-state index in [9.17, 15) is 0 Å². The topological polar surface area (TPSA) is 118 Å². The molecule has 2 heterocycles. The van der Waals surface area contributed by atoms with Crippen molar-refractivity contribution in [1.29, 1.82) is 0 Å². The van der Waals surface area contributed by atoms with Crippen molar-refractivity contribution in [1.82, 2.24) is 50.4 Å². The second kappa shape index (κ2) is 12.8. The van der Waals surface area contributed by atoms with E-state index in [1.165, 1.54) is 0 Å². The molecule has 0 N–H and O–H groups in total. The van der Waals surface area contributed by atoms with Crippen molar-refractivity contribution in [3.8, 4) is 0 Å². The highest BCUT2D eigenvalue weighted by Crippen LogP contribution is 2.03. The average Bonchev–Trinajstić information content (AvgIpc) is 3.52. The van der Waals surface area contributed by atoms with E-state index in [0.29, 0.717) is 39.0 Å². The Hall–Kier alpha value is -4.48. The van der Waals surface area contributed by atoms with Crippen LogP contribution in [0.15, 0.2) is 70.9 Å². The van der Waals surface area contributed by atoms with Crippen molar-refractivity contribution < 1.29 is 0 Å². The highest BCUT2D eigenvalue weighted by atomic mass is 15.5. The molecule has 2 aromatic carbocycles. The number of nitrogens with zero attached hydrogens (tertiary/aromatic N) is 12. The molecule has 0 aliphatic carbocycles. The predicted octanol–water partition coefficient (Wildman–Crippen LogP) is 1.19. The fourth-order valence-corrected chi connectivity index (χ4v) is 3.44. The third-order valence-electron chi connectivity index (χ3n) is 5.56. The van der Waals surface area contributed by atoms with E-state index < -0.39 is 0 Å². The molecule has 2 aromatic heterocycles. The number of aryl methyl sites for hydroxylation is 2. The highest BCUT2D eigenvalue weighted by molar-refractivity contribution is 5.79. The van der Waals surface area contributed by atoms with Gasteiger partial charge in [-0.1, -0.05) is 60.7 Å². The van der Waals surface area contributed by atoms with Crippen LogP contribution in [0.25, 0.3) is 0 Å². The molecule has 0 atom stereocenters. The minimum atomic E-state index is 0.664. The molecule has 0 bridgehead atoms. The number of hydrogen-bond acceptors (Lipinski definition) is 10. The Morgan fingerprint density at radius 3 is 1.42 bits per heavy atom. The fraction of sp³-hybridized carbons (Fsp3) is 0.333. The molecule has 0 fully saturated rings. The molecule has 12 nitrogen and oxygen atoms in total. The van der Waals surface area contributed by atoms with Crippen LogP contribution < -0.4 is 0 Å². The third kappa shape index (κ3) is 7.52. The molecule has 186 valence electrons. The first-order valence-electron chi connectivity index (χ1n) is 11.8. The fourth-order valence-electron chi connectivity index (χ4n) is 3.44. The molecule has 0 saturated heterocycles. The van der Waals surface area contributed by atoms with Crippen LogP contribution in [0.3, 0.4) is 0 Å². The molecule has 0 radical (unpaired) electrons. The molecule has 0 unspecified atom stereocenters. The van der Waals surface area contributed by atoms with E-state index in [2.05, 4.69) is 31.1 Å². The lowest BCUT2D eigenvalue weighted by Gasteiger charge is -2.24. The molecule has 0 aliphatic heterocycles. The van der Waals surface area contributed by atoms with Gasteiger partial charge in [0.25, 0.3) is 0 Å². The van der Waals surface area contributed by atoms with Gasteiger partial charge in [-0.05, 0) is 32.0 Å². The second-order valence-electron chi connectivity index (χ2n) is 8.16. The van der Waals surface area contributed by atoms with Crippen molar-refractivity contribution >= 4 is 12.4 Å². The first kappa shape index (κ1) is 24.6. The van der Waals surface area contributed by atoms with Gasteiger partial charge in [-0.2, -0.15) is 10.2 Å². The SMILES string of the molecule is Cn1nnnc1CCN(CCN(CCc1nnnn1C)/N=C/c1ccccc1)/N=C/c1ccccc1. The summed E-state index contributed by atoms with van der Waals surface area (Å²) in [4.78, 5) is 0. The number of aromatic nitrogens is 8. The van der Waals surface area contributed by atoms with Crippen LogP contribution >= 0.6 is 0 Å².